The maximum atomic E-state index is 12.1. The minimum absolute atomic E-state index is 0. The van der Waals surface area contributed by atoms with Crippen molar-refractivity contribution in [2.45, 2.75) is 44.2 Å². The molecule has 2 amide bonds. The highest BCUT2D eigenvalue weighted by atomic mass is 35.5. The summed E-state index contributed by atoms with van der Waals surface area (Å²) in [5, 5.41) is 5.84. The van der Waals surface area contributed by atoms with Crippen LogP contribution in [0.2, 0.25) is 0 Å². The molecule has 0 bridgehead atoms. The zero-order chi connectivity index (χ0) is 14.8. The summed E-state index contributed by atoms with van der Waals surface area (Å²) in [4.78, 5) is 23.9. The number of nitrogens with one attached hydrogen (secondary N) is 2. The van der Waals surface area contributed by atoms with Crippen LogP contribution in [-0.2, 0) is 4.79 Å². The normalized spacial score (nSPS) is 23.5. The second-order valence-electron chi connectivity index (χ2n) is 6.08. The Bertz CT molecular complexity index is 543. The molecule has 4 N–H and O–H groups in total. The van der Waals surface area contributed by atoms with Gasteiger partial charge in [0.25, 0.3) is 5.91 Å². The van der Waals surface area contributed by atoms with Gasteiger partial charge < -0.3 is 16.4 Å². The summed E-state index contributed by atoms with van der Waals surface area (Å²) in [6, 6.07) is 7.53. The van der Waals surface area contributed by atoms with E-state index in [4.69, 9.17) is 5.73 Å². The fraction of sp³-hybridized carbons (Fsp3) is 0.500. The van der Waals surface area contributed by atoms with E-state index in [1.54, 1.807) is 24.3 Å². The summed E-state index contributed by atoms with van der Waals surface area (Å²) < 4.78 is 0. The number of hydrogen-bond donors (Lipinski definition) is 3. The van der Waals surface area contributed by atoms with Crippen LogP contribution in [0.3, 0.4) is 0 Å². The van der Waals surface area contributed by atoms with Gasteiger partial charge in [0.1, 0.15) is 0 Å². The smallest absolute Gasteiger partial charge is 0.251 e. The first-order valence-corrected chi connectivity index (χ1v) is 7.59. The predicted octanol–water partition coefficient (Wildman–Crippen LogP) is 2.07. The van der Waals surface area contributed by atoms with Crippen molar-refractivity contribution in [3.05, 3.63) is 29.8 Å². The van der Waals surface area contributed by atoms with Crippen LogP contribution in [0.25, 0.3) is 0 Å². The average molecular weight is 324 g/mol. The Morgan fingerprint density at radius 2 is 1.73 bits per heavy atom. The van der Waals surface area contributed by atoms with Crippen LogP contribution in [-0.4, -0.2) is 23.9 Å². The summed E-state index contributed by atoms with van der Waals surface area (Å²) in [6.45, 7) is 0. The first-order valence-electron chi connectivity index (χ1n) is 7.59. The topological polar surface area (TPSA) is 84.2 Å². The second kappa shape index (κ2) is 7.11. The fourth-order valence-corrected chi connectivity index (χ4v) is 2.70. The van der Waals surface area contributed by atoms with Crippen LogP contribution in [0, 0.1) is 5.92 Å². The number of nitrogens with two attached hydrogens (primary N) is 1. The highest BCUT2D eigenvalue weighted by molar-refractivity contribution is 5.96. The molecule has 0 aromatic heterocycles. The van der Waals surface area contributed by atoms with E-state index in [-0.39, 0.29) is 36.2 Å². The molecular weight excluding hydrogens is 302 g/mol. The van der Waals surface area contributed by atoms with Crippen molar-refractivity contribution >= 4 is 29.9 Å². The lowest BCUT2D eigenvalue weighted by atomic mass is 10.1. The highest BCUT2D eigenvalue weighted by Gasteiger charge is 2.28. The Hall–Kier alpha value is -1.59. The van der Waals surface area contributed by atoms with Gasteiger partial charge in [0, 0.05) is 29.3 Å². The molecule has 0 saturated heterocycles. The fourth-order valence-electron chi connectivity index (χ4n) is 2.70. The van der Waals surface area contributed by atoms with Gasteiger partial charge in [-0.2, -0.15) is 0 Å². The quantitative estimate of drug-likeness (QED) is 0.793. The standard InChI is InChI=1S/C16H21N3O2.ClH/c17-12-4-1-11(9-12)16(21)19-13-5-2-10(3-6-13)15(20)18-14-7-8-14;/h2-3,5-6,11-12,14H,1,4,7-9,17H2,(H,18,20)(H,19,21);1H. The van der Waals surface area contributed by atoms with Gasteiger partial charge in [-0.05, 0) is 56.4 Å². The van der Waals surface area contributed by atoms with Crippen LogP contribution < -0.4 is 16.4 Å². The Morgan fingerprint density at radius 3 is 2.27 bits per heavy atom. The van der Waals surface area contributed by atoms with E-state index in [1.807, 2.05) is 0 Å². The Labute approximate surface area is 136 Å². The van der Waals surface area contributed by atoms with Crippen LogP contribution >= 0.6 is 12.4 Å². The molecular formula is C16H22ClN3O2. The average Bonchev–Trinajstić information content (AvgIpc) is 3.17. The summed E-state index contributed by atoms with van der Waals surface area (Å²) in [5.74, 6) is -0.00637. The molecule has 0 heterocycles. The first kappa shape index (κ1) is 16.8. The van der Waals surface area contributed by atoms with Crippen molar-refractivity contribution in [1.82, 2.24) is 5.32 Å². The lowest BCUT2D eigenvalue weighted by Crippen LogP contribution is -2.25. The molecule has 6 heteroatoms. The second-order valence-corrected chi connectivity index (χ2v) is 6.08. The van der Waals surface area contributed by atoms with E-state index in [1.165, 1.54) is 0 Å². The van der Waals surface area contributed by atoms with Gasteiger partial charge in [-0.3, -0.25) is 9.59 Å². The van der Waals surface area contributed by atoms with Gasteiger partial charge in [-0.15, -0.1) is 12.4 Å². The van der Waals surface area contributed by atoms with Gasteiger partial charge in [0.05, 0.1) is 0 Å². The minimum atomic E-state index is -0.0443. The summed E-state index contributed by atoms with van der Waals surface area (Å²) in [6.07, 6.45) is 4.67. The van der Waals surface area contributed by atoms with E-state index in [0.29, 0.717) is 11.6 Å². The molecule has 3 rings (SSSR count). The minimum Gasteiger partial charge on any atom is -0.349 e. The maximum Gasteiger partial charge on any atom is 0.251 e. The van der Waals surface area contributed by atoms with E-state index in [0.717, 1.165) is 37.8 Å². The maximum absolute atomic E-state index is 12.1. The van der Waals surface area contributed by atoms with Gasteiger partial charge in [0.15, 0.2) is 0 Å². The number of carbonyl (C=O) groups excluding carboxylic acids is 2. The lowest BCUT2D eigenvalue weighted by Gasteiger charge is -2.11. The first-order chi connectivity index (χ1) is 10.1. The number of amides is 2. The predicted molar refractivity (Wildman–Crippen MR) is 88.1 cm³/mol. The number of hydrogen-bond acceptors (Lipinski definition) is 3. The van der Waals surface area contributed by atoms with E-state index in [9.17, 15) is 9.59 Å². The molecule has 22 heavy (non-hydrogen) atoms. The van der Waals surface area contributed by atoms with Gasteiger partial charge in [-0.1, -0.05) is 0 Å². The molecule has 0 aliphatic heterocycles. The molecule has 2 unspecified atom stereocenters. The van der Waals surface area contributed by atoms with Crippen molar-refractivity contribution in [3.63, 3.8) is 0 Å². The molecule has 2 aliphatic rings. The molecule has 5 nitrogen and oxygen atoms in total. The molecule has 1 aromatic rings. The molecule has 2 fully saturated rings. The van der Waals surface area contributed by atoms with Crippen LogP contribution in [0.4, 0.5) is 5.69 Å². The van der Waals surface area contributed by atoms with Crippen LogP contribution in [0.1, 0.15) is 42.5 Å². The lowest BCUT2D eigenvalue weighted by molar-refractivity contribution is -0.119. The summed E-state index contributed by atoms with van der Waals surface area (Å²) in [7, 11) is 0. The third-order valence-corrected chi connectivity index (χ3v) is 4.17. The number of benzene rings is 1. The van der Waals surface area contributed by atoms with Gasteiger partial charge in [-0.25, -0.2) is 0 Å². The third-order valence-electron chi connectivity index (χ3n) is 4.17. The van der Waals surface area contributed by atoms with Crippen molar-refractivity contribution in [3.8, 4) is 0 Å². The number of halogens is 1. The third kappa shape index (κ3) is 4.21. The van der Waals surface area contributed by atoms with Gasteiger partial charge in [0.2, 0.25) is 5.91 Å². The molecule has 0 radical (unpaired) electrons. The van der Waals surface area contributed by atoms with Crippen LogP contribution in [0.15, 0.2) is 24.3 Å². The monoisotopic (exact) mass is 323 g/mol. The van der Waals surface area contributed by atoms with E-state index in [2.05, 4.69) is 10.6 Å². The van der Waals surface area contributed by atoms with Crippen LogP contribution in [0.5, 0.6) is 0 Å². The van der Waals surface area contributed by atoms with Gasteiger partial charge >= 0.3 is 0 Å². The van der Waals surface area contributed by atoms with Crippen molar-refractivity contribution < 1.29 is 9.59 Å². The number of rotatable bonds is 4. The number of carbonyl (C=O) groups is 2. The van der Waals surface area contributed by atoms with E-state index >= 15 is 0 Å². The zero-order valence-electron chi connectivity index (χ0n) is 12.4. The molecule has 1 aromatic carbocycles. The molecule has 2 saturated carbocycles. The van der Waals surface area contributed by atoms with E-state index < -0.39 is 0 Å². The SMILES string of the molecule is Cl.NC1CCC(C(=O)Nc2ccc(C(=O)NC3CC3)cc2)C1. The van der Waals surface area contributed by atoms with Crippen molar-refractivity contribution in [2.24, 2.45) is 11.7 Å². The highest BCUT2D eigenvalue weighted by Crippen LogP contribution is 2.25. The molecule has 2 atom stereocenters. The molecule has 0 spiro atoms. The Morgan fingerprint density at radius 1 is 1.05 bits per heavy atom. The number of anilines is 1. The zero-order valence-corrected chi connectivity index (χ0v) is 13.2. The largest absolute Gasteiger partial charge is 0.349 e. The van der Waals surface area contributed by atoms with Crippen molar-refractivity contribution in [2.75, 3.05) is 5.32 Å². The summed E-state index contributed by atoms with van der Waals surface area (Å²) in [5.41, 5.74) is 7.18. The van der Waals surface area contributed by atoms with Crippen molar-refractivity contribution in [1.29, 1.82) is 0 Å². The molecule has 120 valence electrons. The Balaban J connectivity index is 0.00000176. The Kier molecular flexibility index (Phi) is 5.42. The molecule has 2 aliphatic carbocycles. The summed E-state index contributed by atoms with van der Waals surface area (Å²) >= 11 is 0.